The Kier molecular flexibility index (Phi) is 3.66. The maximum atomic E-state index is 6.05. The molecule has 1 aliphatic heterocycles. The fraction of sp³-hybridized carbons (Fsp3) is 0.562. The summed E-state index contributed by atoms with van der Waals surface area (Å²) >= 11 is 0. The van der Waals surface area contributed by atoms with Crippen LogP contribution in [0.15, 0.2) is 24.4 Å². The lowest BCUT2D eigenvalue weighted by Crippen LogP contribution is -2.38. The first-order chi connectivity index (χ1) is 9.66. The summed E-state index contributed by atoms with van der Waals surface area (Å²) in [6.45, 7) is 5.47. The molecule has 0 saturated carbocycles. The summed E-state index contributed by atoms with van der Waals surface area (Å²) in [6.07, 6.45) is 6.80. The standard InChI is InChI=1S/C16H24N4/c1-12(17)11-14-16(19-9-5-3-7-13(19)2)18-15-8-4-6-10-20(14)15/h4,6,8,10,12-13H,3,5,7,9,11,17H2,1-2H3. The molecule has 1 aliphatic rings. The SMILES string of the molecule is CC(N)Cc1c(N2CCCCC2C)nc2ccccn12. The van der Waals surface area contributed by atoms with Crippen molar-refractivity contribution in [3.63, 3.8) is 0 Å². The second-order valence-electron chi connectivity index (χ2n) is 6.03. The van der Waals surface area contributed by atoms with Gasteiger partial charge in [-0.2, -0.15) is 0 Å². The molecule has 0 spiro atoms. The summed E-state index contributed by atoms with van der Waals surface area (Å²) in [5, 5.41) is 0. The first-order valence-electron chi connectivity index (χ1n) is 7.65. The second kappa shape index (κ2) is 5.44. The van der Waals surface area contributed by atoms with E-state index in [0.29, 0.717) is 6.04 Å². The van der Waals surface area contributed by atoms with Crippen LogP contribution in [0.5, 0.6) is 0 Å². The van der Waals surface area contributed by atoms with Gasteiger partial charge in [-0.25, -0.2) is 4.98 Å². The minimum absolute atomic E-state index is 0.147. The Morgan fingerprint density at radius 2 is 2.25 bits per heavy atom. The molecule has 2 atom stereocenters. The van der Waals surface area contributed by atoms with Crippen molar-refractivity contribution in [1.29, 1.82) is 0 Å². The zero-order valence-corrected chi connectivity index (χ0v) is 12.4. The number of anilines is 1. The molecule has 4 heteroatoms. The van der Waals surface area contributed by atoms with Gasteiger partial charge in [-0.15, -0.1) is 0 Å². The van der Waals surface area contributed by atoms with Crippen molar-refractivity contribution in [1.82, 2.24) is 9.38 Å². The molecule has 4 nitrogen and oxygen atoms in total. The molecule has 2 aromatic heterocycles. The van der Waals surface area contributed by atoms with Crippen molar-refractivity contribution in [3.05, 3.63) is 30.1 Å². The Morgan fingerprint density at radius 1 is 1.40 bits per heavy atom. The molecule has 1 fully saturated rings. The highest BCUT2D eigenvalue weighted by Crippen LogP contribution is 2.28. The molecular weight excluding hydrogens is 248 g/mol. The molecule has 0 aromatic carbocycles. The van der Waals surface area contributed by atoms with E-state index < -0.39 is 0 Å². The van der Waals surface area contributed by atoms with Crippen LogP contribution in [0.3, 0.4) is 0 Å². The van der Waals surface area contributed by atoms with Gasteiger partial charge in [-0.05, 0) is 45.2 Å². The zero-order chi connectivity index (χ0) is 14.1. The van der Waals surface area contributed by atoms with Gasteiger partial charge < -0.3 is 15.0 Å². The molecular formula is C16H24N4. The Balaban J connectivity index is 2.08. The number of hydrogen-bond acceptors (Lipinski definition) is 3. The first kappa shape index (κ1) is 13.4. The number of fused-ring (bicyclic) bond motifs is 1. The summed E-state index contributed by atoms with van der Waals surface area (Å²) in [5.41, 5.74) is 8.33. The quantitative estimate of drug-likeness (QED) is 0.934. The van der Waals surface area contributed by atoms with E-state index in [1.807, 2.05) is 6.07 Å². The van der Waals surface area contributed by atoms with Gasteiger partial charge in [-0.3, -0.25) is 0 Å². The van der Waals surface area contributed by atoms with Crippen LogP contribution >= 0.6 is 0 Å². The molecule has 0 aliphatic carbocycles. The Morgan fingerprint density at radius 3 is 3.00 bits per heavy atom. The Labute approximate surface area is 120 Å². The summed E-state index contributed by atoms with van der Waals surface area (Å²) < 4.78 is 2.19. The van der Waals surface area contributed by atoms with Crippen LogP contribution in [0.1, 0.15) is 38.8 Å². The number of imidazole rings is 1. The summed E-state index contributed by atoms with van der Waals surface area (Å²) in [4.78, 5) is 7.34. The molecule has 2 unspecified atom stereocenters. The highest BCUT2D eigenvalue weighted by molar-refractivity contribution is 5.57. The van der Waals surface area contributed by atoms with Crippen LogP contribution in [0.4, 0.5) is 5.82 Å². The van der Waals surface area contributed by atoms with Crippen LogP contribution in [0.25, 0.3) is 5.65 Å². The summed E-state index contributed by atoms with van der Waals surface area (Å²) in [7, 11) is 0. The number of nitrogens with zero attached hydrogens (tertiary/aromatic N) is 3. The molecule has 0 bridgehead atoms. The van der Waals surface area contributed by atoms with E-state index in [9.17, 15) is 0 Å². The molecule has 2 aromatic rings. The van der Waals surface area contributed by atoms with Crippen molar-refractivity contribution >= 4 is 11.5 Å². The van der Waals surface area contributed by atoms with Crippen LogP contribution in [0, 0.1) is 0 Å². The van der Waals surface area contributed by atoms with E-state index in [-0.39, 0.29) is 6.04 Å². The van der Waals surface area contributed by atoms with Gasteiger partial charge >= 0.3 is 0 Å². The molecule has 20 heavy (non-hydrogen) atoms. The minimum atomic E-state index is 0.147. The highest BCUT2D eigenvalue weighted by Gasteiger charge is 2.24. The third kappa shape index (κ3) is 2.40. The van der Waals surface area contributed by atoms with Gasteiger partial charge in [0.05, 0.1) is 5.69 Å². The fourth-order valence-corrected chi connectivity index (χ4v) is 3.17. The lowest BCUT2D eigenvalue weighted by Gasteiger charge is -2.34. The van der Waals surface area contributed by atoms with Crippen molar-refractivity contribution in [2.24, 2.45) is 5.73 Å². The average Bonchev–Trinajstić information content (AvgIpc) is 2.78. The van der Waals surface area contributed by atoms with E-state index in [0.717, 1.165) is 24.4 Å². The van der Waals surface area contributed by atoms with Crippen LogP contribution in [-0.4, -0.2) is 28.0 Å². The fourth-order valence-electron chi connectivity index (χ4n) is 3.17. The summed E-state index contributed by atoms with van der Waals surface area (Å²) in [5.74, 6) is 1.14. The van der Waals surface area contributed by atoms with Crippen molar-refractivity contribution in [3.8, 4) is 0 Å². The predicted octanol–water partition coefficient (Wildman–Crippen LogP) is 2.60. The molecule has 3 rings (SSSR count). The third-order valence-corrected chi connectivity index (χ3v) is 4.20. The van der Waals surface area contributed by atoms with Crippen molar-refractivity contribution in [2.45, 2.75) is 51.6 Å². The number of rotatable bonds is 3. The maximum Gasteiger partial charge on any atom is 0.151 e. The molecule has 0 amide bonds. The molecule has 108 valence electrons. The van der Waals surface area contributed by atoms with Crippen LogP contribution in [0.2, 0.25) is 0 Å². The van der Waals surface area contributed by atoms with E-state index in [1.54, 1.807) is 0 Å². The van der Waals surface area contributed by atoms with Crippen LogP contribution in [-0.2, 0) is 6.42 Å². The van der Waals surface area contributed by atoms with Crippen LogP contribution < -0.4 is 10.6 Å². The Hall–Kier alpha value is -1.55. The number of hydrogen-bond donors (Lipinski definition) is 1. The normalized spacial score (nSPS) is 21.4. The summed E-state index contributed by atoms with van der Waals surface area (Å²) in [6, 6.07) is 6.89. The minimum Gasteiger partial charge on any atom is -0.352 e. The predicted molar refractivity (Wildman–Crippen MR) is 83.2 cm³/mol. The van der Waals surface area contributed by atoms with Gasteiger partial charge in [0.2, 0.25) is 0 Å². The molecule has 0 radical (unpaired) electrons. The number of piperidine rings is 1. The Bertz CT molecular complexity index is 587. The van der Waals surface area contributed by atoms with Gasteiger partial charge in [0.25, 0.3) is 0 Å². The van der Waals surface area contributed by atoms with Crippen molar-refractivity contribution < 1.29 is 0 Å². The molecule has 3 heterocycles. The third-order valence-electron chi connectivity index (χ3n) is 4.20. The van der Waals surface area contributed by atoms with Crippen molar-refractivity contribution in [2.75, 3.05) is 11.4 Å². The average molecular weight is 272 g/mol. The zero-order valence-electron chi connectivity index (χ0n) is 12.4. The van der Waals surface area contributed by atoms with Gasteiger partial charge in [0.15, 0.2) is 5.82 Å². The highest BCUT2D eigenvalue weighted by atomic mass is 15.3. The van der Waals surface area contributed by atoms with Gasteiger partial charge in [-0.1, -0.05) is 6.07 Å². The smallest absolute Gasteiger partial charge is 0.151 e. The lowest BCUT2D eigenvalue weighted by atomic mass is 10.0. The van der Waals surface area contributed by atoms with Gasteiger partial charge in [0, 0.05) is 31.2 Å². The first-order valence-corrected chi connectivity index (χ1v) is 7.65. The maximum absolute atomic E-state index is 6.05. The monoisotopic (exact) mass is 272 g/mol. The van der Waals surface area contributed by atoms with E-state index in [2.05, 4.69) is 41.5 Å². The van der Waals surface area contributed by atoms with E-state index in [1.165, 1.54) is 25.0 Å². The number of nitrogens with two attached hydrogens (primary N) is 1. The molecule has 2 N–H and O–H groups in total. The van der Waals surface area contributed by atoms with E-state index >= 15 is 0 Å². The molecule has 1 saturated heterocycles. The van der Waals surface area contributed by atoms with E-state index in [4.69, 9.17) is 10.7 Å². The lowest BCUT2D eigenvalue weighted by molar-refractivity contribution is 0.480. The number of aromatic nitrogens is 2. The van der Waals surface area contributed by atoms with Gasteiger partial charge in [0.1, 0.15) is 5.65 Å². The second-order valence-corrected chi connectivity index (χ2v) is 6.03. The number of pyridine rings is 1. The largest absolute Gasteiger partial charge is 0.352 e. The topological polar surface area (TPSA) is 46.6 Å².